The molecule has 0 unspecified atom stereocenters. The number of halogens is 3. The molecule has 0 spiro atoms. The van der Waals surface area contributed by atoms with Gasteiger partial charge in [-0.3, -0.25) is 4.90 Å². The van der Waals surface area contributed by atoms with Crippen LogP contribution in [0.15, 0.2) is 61.2 Å². The van der Waals surface area contributed by atoms with Crippen molar-refractivity contribution in [3.63, 3.8) is 0 Å². The molecule has 41 heavy (non-hydrogen) atoms. The predicted octanol–water partition coefficient (Wildman–Crippen LogP) is 5.85. The summed E-state index contributed by atoms with van der Waals surface area (Å²) in [4.78, 5) is 12.2. The van der Waals surface area contributed by atoms with Gasteiger partial charge < -0.3 is 25.6 Å². The molecule has 0 radical (unpaired) electrons. The van der Waals surface area contributed by atoms with E-state index in [-0.39, 0.29) is 12.1 Å². The summed E-state index contributed by atoms with van der Waals surface area (Å²) >= 11 is 0. The number of aromatic nitrogens is 2. The van der Waals surface area contributed by atoms with Gasteiger partial charge in [-0.25, -0.2) is 9.97 Å². The molecule has 3 N–H and O–H groups in total. The second-order valence-electron chi connectivity index (χ2n) is 10.3. The van der Waals surface area contributed by atoms with Gasteiger partial charge in [0.25, 0.3) is 0 Å². The van der Waals surface area contributed by atoms with Crippen molar-refractivity contribution in [3.8, 4) is 11.6 Å². The van der Waals surface area contributed by atoms with Gasteiger partial charge >= 0.3 is 6.18 Å². The highest BCUT2D eigenvalue weighted by atomic mass is 19.4. The van der Waals surface area contributed by atoms with Crippen molar-refractivity contribution in [1.29, 1.82) is 0 Å². The van der Waals surface area contributed by atoms with Crippen LogP contribution in [-0.2, 0) is 19.1 Å². The van der Waals surface area contributed by atoms with E-state index in [0.29, 0.717) is 54.6 Å². The second kappa shape index (κ2) is 12.4. The Morgan fingerprint density at radius 1 is 1.15 bits per heavy atom. The number of likely N-dealkylation sites (N-methyl/N-ethyl adjacent to an activating group) is 1. The van der Waals surface area contributed by atoms with Crippen molar-refractivity contribution in [3.05, 3.63) is 77.9 Å². The fourth-order valence-electron chi connectivity index (χ4n) is 4.97. The van der Waals surface area contributed by atoms with Crippen molar-refractivity contribution in [2.24, 2.45) is 0 Å². The molecule has 11 heteroatoms. The first-order valence-corrected chi connectivity index (χ1v) is 13.9. The van der Waals surface area contributed by atoms with E-state index in [0.717, 1.165) is 24.2 Å². The van der Waals surface area contributed by atoms with Crippen LogP contribution in [0.25, 0.3) is 0 Å². The summed E-state index contributed by atoms with van der Waals surface area (Å²) in [5, 5.41) is 9.49. The fourth-order valence-corrected chi connectivity index (χ4v) is 4.97. The predicted molar refractivity (Wildman–Crippen MR) is 155 cm³/mol. The van der Waals surface area contributed by atoms with Crippen molar-refractivity contribution in [1.82, 2.24) is 20.2 Å². The number of ether oxygens (including phenoxy) is 1. The van der Waals surface area contributed by atoms with Crippen LogP contribution >= 0.6 is 0 Å². The number of hydrogen-bond donors (Lipinski definition) is 3. The maximum absolute atomic E-state index is 14.1. The summed E-state index contributed by atoms with van der Waals surface area (Å²) in [7, 11) is 1.77. The van der Waals surface area contributed by atoms with Crippen LogP contribution in [0.4, 0.5) is 30.4 Å². The average molecular weight is 568 g/mol. The maximum Gasteiger partial charge on any atom is 0.416 e. The van der Waals surface area contributed by atoms with E-state index in [2.05, 4.69) is 32.5 Å². The lowest BCUT2D eigenvalue weighted by molar-refractivity contribution is -0.138. The Bertz CT molecular complexity index is 1380. The molecule has 2 heterocycles. The lowest BCUT2D eigenvalue weighted by Crippen LogP contribution is -2.33. The van der Waals surface area contributed by atoms with Crippen LogP contribution in [0, 0.1) is 0 Å². The number of anilines is 3. The van der Waals surface area contributed by atoms with Crippen molar-refractivity contribution in [2.75, 3.05) is 48.8 Å². The highest BCUT2D eigenvalue weighted by Crippen LogP contribution is 2.37. The van der Waals surface area contributed by atoms with Gasteiger partial charge in [0.05, 0.1) is 5.56 Å². The third-order valence-corrected chi connectivity index (χ3v) is 7.38. The van der Waals surface area contributed by atoms with Crippen molar-refractivity contribution in [2.45, 2.75) is 44.9 Å². The van der Waals surface area contributed by atoms with E-state index < -0.39 is 11.7 Å². The van der Waals surface area contributed by atoms with Gasteiger partial charge in [0.15, 0.2) is 0 Å². The summed E-state index contributed by atoms with van der Waals surface area (Å²) in [6, 6.07) is 12.4. The second-order valence-corrected chi connectivity index (χ2v) is 10.3. The number of nitrogens with zero attached hydrogens (tertiary/aromatic N) is 4. The zero-order valence-corrected chi connectivity index (χ0v) is 23.4. The molecule has 0 atom stereocenters. The molecule has 1 saturated carbocycles. The minimum atomic E-state index is -4.46. The van der Waals surface area contributed by atoms with Gasteiger partial charge in [0, 0.05) is 56.7 Å². The van der Waals surface area contributed by atoms with E-state index in [1.807, 2.05) is 34.9 Å². The molecule has 3 aromatic rings. The molecule has 8 nitrogen and oxygen atoms in total. The summed E-state index contributed by atoms with van der Waals surface area (Å²) in [5.74, 6) is 2.22. The molecular weight excluding hydrogens is 531 g/mol. The van der Waals surface area contributed by atoms with Gasteiger partial charge in [0.2, 0.25) is 5.88 Å². The molecule has 1 fully saturated rings. The van der Waals surface area contributed by atoms with Crippen LogP contribution in [0.2, 0.25) is 0 Å². The highest BCUT2D eigenvalue weighted by molar-refractivity contribution is 5.66. The Morgan fingerprint density at radius 2 is 1.98 bits per heavy atom. The minimum absolute atomic E-state index is 0.244. The summed E-state index contributed by atoms with van der Waals surface area (Å²) < 4.78 is 48.2. The third kappa shape index (κ3) is 7.28. The monoisotopic (exact) mass is 567 g/mol. The normalized spacial score (nSPS) is 14.7. The number of alkyl halides is 3. The zero-order chi connectivity index (χ0) is 29.0. The van der Waals surface area contributed by atoms with Crippen LogP contribution in [-0.4, -0.2) is 54.1 Å². The fraction of sp³-hybridized carbons (Fsp3) is 0.400. The first kappa shape index (κ1) is 28.7. The van der Waals surface area contributed by atoms with E-state index in [4.69, 9.17) is 4.74 Å². The van der Waals surface area contributed by atoms with Gasteiger partial charge in [-0.2, -0.15) is 13.2 Å². The van der Waals surface area contributed by atoms with E-state index >= 15 is 0 Å². The van der Waals surface area contributed by atoms with Crippen LogP contribution in [0.5, 0.6) is 11.6 Å². The SMILES string of the molecule is C=C(Nc1ccc(CN(CC)CCNC2CC2)c(C(F)(F)F)c1)N1CCc2cc(Oc3cc(NC)ncn3)ccc21. The van der Waals surface area contributed by atoms with Crippen LogP contribution < -0.4 is 25.6 Å². The molecule has 0 amide bonds. The first-order chi connectivity index (χ1) is 19.7. The van der Waals surface area contributed by atoms with Gasteiger partial charge in [-0.1, -0.05) is 19.6 Å². The standard InChI is InChI=1S/C30H36F3N7O/c1-4-39(14-12-35-23-7-8-23)18-22-5-6-24(16-26(22)30(31,32)33)38-20(2)40-13-11-21-15-25(9-10-27(21)40)41-29-17-28(34-3)36-19-37-29/h5-6,9-10,15-17,19,23,35,38H,2,4,7-8,11-14,18H2,1,3H3,(H,34,36,37). The summed E-state index contributed by atoms with van der Waals surface area (Å²) in [6.45, 7) is 9.16. The van der Waals surface area contributed by atoms with Crippen LogP contribution in [0.3, 0.4) is 0 Å². The molecule has 5 rings (SSSR count). The van der Waals surface area contributed by atoms with Gasteiger partial charge in [-0.05, 0) is 67.3 Å². The summed E-state index contributed by atoms with van der Waals surface area (Å²) in [6.07, 6.45) is 0.0768. The van der Waals surface area contributed by atoms with Crippen LogP contribution in [0.1, 0.15) is 36.5 Å². The largest absolute Gasteiger partial charge is 0.439 e. The molecule has 218 valence electrons. The zero-order valence-electron chi connectivity index (χ0n) is 23.4. The number of hydrogen-bond acceptors (Lipinski definition) is 8. The molecule has 2 aliphatic rings. The minimum Gasteiger partial charge on any atom is -0.439 e. The molecule has 0 saturated heterocycles. The number of benzene rings is 2. The number of rotatable bonds is 13. The maximum atomic E-state index is 14.1. The summed E-state index contributed by atoms with van der Waals surface area (Å²) in [5.41, 5.74) is 1.97. The van der Waals surface area contributed by atoms with E-state index in [1.54, 1.807) is 25.2 Å². The Hall–Kier alpha value is -3.83. The van der Waals surface area contributed by atoms with Crippen molar-refractivity contribution < 1.29 is 17.9 Å². The topological polar surface area (TPSA) is 77.6 Å². The quantitative estimate of drug-likeness (QED) is 0.238. The highest BCUT2D eigenvalue weighted by Gasteiger charge is 2.34. The lowest BCUT2D eigenvalue weighted by Gasteiger charge is -2.25. The molecular formula is C30H36F3N7O. The van der Waals surface area contributed by atoms with E-state index in [9.17, 15) is 13.2 Å². The Balaban J connectivity index is 1.25. The Morgan fingerprint density at radius 3 is 2.71 bits per heavy atom. The smallest absolute Gasteiger partial charge is 0.416 e. The third-order valence-electron chi connectivity index (χ3n) is 7.38. The van der Waals surface area contributed by atoms with Gasteiger partial charge in [0.1, 0.15) is 23.7 Å². The molecule has 2 aromatic carbocycles. The number of nitrogens with one attached hydrogen (secondary N) is 3. The van der Waals surface area contributed by atoms with E-state index in [1.165, 1.54) is 25.2 Å². The molecule has 1 aliphatic carbocycles. The first-order valence-electron chi connectivity index (χ1n) is 13.9. The lowest BCUT2D eigenvalue weighted by atomic mass is 10.0. The Kier molecular flexibility index (Phi) is 8.65. The average Bonchev–Trinajstić information content (AvgIpc) is 3.68. The molecule has 0 bridgehead atoms. The van der Waals surface area contributed by atoms with Crippen molar-refractivity contribution >= 4 is 17.2 Å². The molecule has 1 aromatic heterocycles. The number of fused-ring (bicyclic) bond motifs is 1. The Labute approximate surface area is 238 Å². The van der Waals surface area contributed by atoms with Gasteiger partial charge in [-0.15, -0.1) is 0 Å². The molecule has 1 aliphatic heterocycles.